The molecule has 1 amide bonds. The molecule has 0 atom stereocenters. The fraction of sp³-hybridized carbons (Fsp3) is 0.200. The second-order valence-corrected chi connectivity index (χ2v) is 8.08. The topological polar surface area (TPSA) is 59.9 Å². The van der Waals surface area contributed by atoms with Gasteiger partial charge in [0.1, 0.15) is 11.5 Å². The van der Waals surface area contributed by atoms with Gasteiger partial charge in [-0.2, -0.15) is 0 Å². The first-order chi connectivity index (χ1) is 15.1. The van der Waals surface area contributed by atoms with E-state index < -0.39 is 0 Å². The molecule has 31 heavy (non-hydrogen) atoms. The molecule has 0 aromatic heterocycles. The summed E-state index contributed by atoms with van der Waals surface area (Å²) in [6.45, 7) is 7.04. The fourth-order valence-corrected chi connectivity index (χ4v) is 4.24. The van der Waals surface area contributed by atoms with Crippen molar-refractivity contribution in [3.8, 4) is 11.5 Å². The molecule has 1 fully saturated rings. The molecule has 5 nitrogen and oxygen atoms in total. The van der Waals surface area contributed by atoms with Crippen LogP contribution in [0.25, 0.3) is 16.8 Å². The number of benzene rings is 3. The summed E-state index contributed by atoms with van der Waals surface area (Å²) in [4.78, 5) is 17.8. The Balaban J connectivity index is 1.75. The third-order valence-electron chi connectivity index (χ3n) is 4.76. The zero-order valence-electron chi connectivity index (χ0n) is 17.8. The number of fused-ring (bicyclic) bond motifs is 1. The van der Waals surface area contributed by atoms with E-state index in [0.29, 0.717) is 23.3 Å². The van der Waals surface area contributed by atoms with Crippen molar-refractivity contribution < 1.29 is 14.3 Å². The van der Waals surface area contributed by atoms with Gasteiger partial charge in [-0.05, 0) is 85.3 Å². The first-order valence-electron chi connectivity index (χ1n) is 10.3. The van der Waals surface area contributed by atoms with Crippen LogP contribution in [0.5, 0.6) is 11.5 Å². The second-order valence-electron chi connectivity index (χ2n) is 7.05. The predicted octanol–water partition coefficient (Wildman–Crippen LogP) is 5.84. The van der Waals surface area contributed by atoms with Gasteiger partial charge in [0.05, 0.1) is 23.8 Å². The molecule has 0 radical (unpaired) electrons. The summed E-state index contributed by atoms with van der Waals surface area (Å²) in [5, 5.41) is 5.45. The average molecular weight is 433 g/mol. The standard InChI is InChI=1S/C25H24N2O3S/c1-4-29-19-11-9-17-10-12-22(30-5-2)21(20(17)14-19)15-23-24(28)27-25(31-23)26-18-8-6-7-16(3)13-18/h6-15H,4-5H2,1-3H3,(H,26,27,28)/b23-15-. The Bertz CT molecular complexity index is 1200. The van der Waals surface area contributed by atoms with E-state index in [1.54, 1.807) is 0 Å². The molecule has 3 aromatic rings. The van der Waals surface area contributed by atoms with Gasteiger partial charge in [-0.3, -0.25) is 4.79 Å². The molecule has 0 bridgehead atoms. The quantitative estimate of drug-likeness (QED) is 0.497. The molecule has 3 aromatic carbocycles. The highest BCUT2D eigenvalue weighted by Gasteiger charge is 2.25. The molecule has 0 spiro atoms. The highest BCUT2D eigenvalue weighted by molar-refractivity contribution is 8.18. The van der Waals surface area contributed by atoms with Crippen molar-refractivity contribution in [1.82, 2.24) is 5.32 Å². The zero-order valence-corrected chi connectivity index (χ0v) is 18.6. The van der Waals surface area contributed by atoms with Crippen LogP contribution in [0.2, 0.25) is 0 Å². The largest absolute Gasteiger partial charge is 0.494 e. The van der Waals surface area contributed by atoms with Crippen LogP contribution in [0.3, 0.4) is 0 Å². The van der Waals surface area contributed by atoms with Crippen molar-refractivity contribution in [1.29, 1.82) is 0 Å². The van der Waals surface area contributed by atoms with E-state index in [-0.39, 0.29) is 5.91 Å². The van der Waals surface area contributed by atoms with Crippen LogP contribution in [0, 0.1) is 6.92 Å². The zero-order chi connectivity index (χ0) is 21.8. The summed E-state index contributed by atoms with van der Waals surface area (Å²) < 4.78 is 11.6. The Morgan fingerprint density at radius 3 is 2.61 bits per heavy atom. The molecule has 1 aliphatic heterocycles. The van der Waals surface area contributed by atoms with Crippen molar-refractivity contribution in [3.05, 3.63) is 70.6 Å². The number of nitrogens with one attached hydrogen (secondary N) is 1. The minimum Gasteiger partial charge on any atom is -0.494 e. The number of thioether (sulfide) groups is 1. The highest BCUT2D eigenvalue weighted by atomic mass is 32.2. The number of rotatable bonds is 6. The van der Waals surface area contributed by atoms with Gasteiger partial charge in [-0.25, -0.2) is 4.99 Å². The predicted molar refractivity (Wildman–Crippen MR) is 128 cm³/mol. The van der Waals surface area contributed by atoms with Gasteiger partial charge in [-0.1, -0.05) is 24.3 Å². The molecule has 6 heteroatoms. The molecule has 4 rings (SSSR count). The Hall–Kier alpha value is -3.25. The van der Waals surface area contributed by atoms with Crippen molar-refractivity contribution in [2.24, 2.45) is 4.99 Å². The maximum absolute atomic E-state index is 12.7. The lowest BCUT2D eigenvalue weighted by Gasteiger charge is -2.12. The number of aryl methyl sites for hydroxylation is 1. The summed E-state index contributed by atoms with van der Waals surface area (Å²) in [7, 11) is 0. The number of ether oxygens (including phenoxy) is 2. The summed E-state index contributed by atoms with van der Waals surface area (Å²) in [5.41, 5.74) is 2.79. The number of hydrogen-bond acceptors (Lipinski definition) is 5. The van der Waals surface area contributed by atoms with Gasteiger partial charge in [0.2, 0.25) is 0 Å². The minimum absolute atomic E-state index is 0.170. The molecular formula is C25H24N2O3S. The summed E-state index contributed by atoms with van der Waals surface area (Å²) >= 11 is 1.33. The minimum atomic E-state index is -0.170. The monoisotopic (exact) mass is 432 g/mol. The van der Waals surface area contributed by atoms with Gasteiger partial charge in [0, 0.05) is 5.56 Å². The number of carbonyl (C=O) groups is 1. The van der Waals surface area contributed by atoms with E-state index >= 15 is 0 Å². The van der Waals surface area contributed by atoms with Crippen LogP contribution >= 0.6 is 11.8 Å². The van der Waals surface area contributed by atoms with E-state index in [1.807, 2.05) is 81.4 Å². The van der Waals surface area contributed by atoms with Crippen LogP contribution < -0.4 is 14.8 Å². The molecule has 1 N–H and O–H groups in total. The lowest BCUT2D eigenvalue weighted by atomic mass is 10.0. The number of aliphatic imine (C=N–C) groups is 1. The maximum atomic E-state index is 12.7. The summed E-state index contributed by atoms with van der Waals surface area (Å²) in [5.74, 6) is 1.35. The number of hydrogen-bond donors (Lipinski definition) is 1. The van der Waals surface area contributed by atoms with Crippen molar-refractivity contribution in [2.45, 2.75) is 20.8 Å². The summed E-state index contributed by atoms with van der Waals surface area (Å²) in [6.07, 6.45) is 1.88. The van der Waals surface area contributed by atoms with Gasteiger partial charge in [0.25, 0.3) is 5.91 Å². The molecule has 0 unspecified atom stereocenters. The first-order valence-corrected chi connectivity index (χ1v) is 11.1. The third kappa shape index (κ3) is 4.75. The van der Waals surface area contributed by atoms with Crippen LogP contribution in [-0.4, -0.2) is 24.3 Å². The fourth-order valence-electron chi connectivity index (χ4n) is 3.42. The average Bonchev–Trinajstić information content (AvgIpc) is 3.09. The van der Waals surface area contributed by atoms with Gasteiger partial charge in [0.15, 0.2) is 5.17 Å². The van der Waals surface area contributed by atoms with Crippen LogP contribution in [0.4, 0.5) is 5.69 Å². The first kappa shape index (κ1) is 21.0. The lowest BCUT2D eigenvalue weighted by molar-refractivity contribution is -0.115. The van der Waals surface area contributed by atoms with Gasteiger partial charge < -0.3 is 14.8 Å². The van der Waals surface area contributed by atoms with Crippen LogP contribution in [0.15, 0.2) is 64.5 Å². The van der Waals surface area contributed by atoms with Crippen LogP contribution in [-0.2, 0) is 4.79 Å². The van der Waals surface area contributed by atoms with Crippen molar-refractivity contribution in [3.63, 3.8) is 0 Å². The molecule has 1 heterocycles. The SMILES string of the molecule is CCOc1ccc2ccc(OCC)c(/C=C3\SC(=Nc4cccc(C)c4)NC3=O)c2c1. The van der Waals surface area contributed by atoms with E-state index in [9.17, 15) is 4.79 Å². The normalized spacial score (nSPS) is 16.2. The highest BCUT2D eigenvalue weighted by Crippen LogP contribution is 2.36. The van der Waals surface area contributed by atoms with Crippen molar-refractivity contribution in [2.75, 3.05) is 13.2 Å². The molecule has 1 saturated heterocycles. The van der Waals surface area contributed by atoms with Crippen LogP contribution in [0.1, 0.15) is 25.0 Å². The Labute approximate surface area is 186 Å². The van der Waals surface area contributed by atoms with E-state index in [4.69, 9.17) is 9.47 Å². The van der Waals surface area contributed by atoms with E-state index in [0.717, 1.165) is 39.1 Å². The number of carbonyl (C=O) groups excluding carboxylic acids is 1. The molecule has 0 saturated carbocycles. The molecular weight excluding hydrogens is 408 g/mol. The smallest absolute Gasteiger partial charge is 0.264 e. The van der Waals surface area contributed by atoms with Crippen molar-refractivity contribution >= 4 is 45.4 Å². The summed E-state index contributed by atoms with van der Waals surface area (Å²) in [6, 6.07) is 17.8. The number of amidine groups is 1. The Morgan fingerprint density at radius 2 is 1.84 bits per heavy atom. The second kappa shape index (κ2) is 9.27. The Morgan fingerprint density at radius 1 is 1.03 bits per heavy atom. The molecule has 158 valence electrons. The number of amides is 1. The van der Waals surface area contributed by atoms with E-state index in [1.165, 1.54) is 11.8 Å². The number of nitrogens with zero attached hydrogens (tertiary/aromatic N) is 1. The molecule has 1 aliphatic rings. The maximum Gasteiger partial charge on any atom is 0.264 e. The van der Waals surface area contributed by atoms with Gasteiger partial charge in [-0.15, -0.1) is 0 Å². The third-order valence-corrected chi connectivity index (χ3v) is 5.67. The van der Waals surface area contributed by atoms with E-state index in [2.05, 4.69) is 10.3 Å². The Kier molecular flexibility index (Phi) is 6.28. The lowest BCUT2D eigenvalue weighted by Crippen LogP contribution is -2.19. The van der Waals surface area contributed by atoms with Gasteiger partial charge >= 0.3 is 0 Å². The molecule has 0 aliphatic carbocycles.